The maximum Gasteiger partial charge on any atom is 0.255 e. The molecule has 4 heterocycles. The van der Waals surface area contributed by atoms with Gasteiger partial charge in [-0.3, -0.25) is 9.78 Å². The molecule has 0 spiro atoms. The molecule has 0 radical (unpaired) electrons. The standard InChI is InChI=1S/C26H28ClN5O4/c1-32-8-9-35-14(12-32)13-36-20-11-28-7-6-15(20)23-24(29-18-5-3-4-17(27)25(18)34-2)21-22(31-23)16-10-19(16)30-26(21)33/h3-7,11,14,16,19,29,31H,8-10,12-13H2,1-2H3,(H,30,33)/t14-,16-,19+/m1/s1. The quantitative estimate of drug-likeness (QED) is 0.445. The molecule has 2 fully saturated rings. The van der Waals surface area contributed by atoms with E-state index in [0.717, 1.165) is 36.5 Å². The molecule has 188 valence electrons. The topological polar surface area (TPSA) is 101 Å². The largest absolute Gasteiger partial charge is 0.493 e. The minimum atomic E-state index is -0.107. The Morgan fingerprint density at radius 3 is 3.06 bits per heavy atom. The van der Waals surface area contributed by atoms with Crippen LogP contribution >= 0.6 is 11.6 Å². The van der Waals surface area contributed by atoms with Crippen molar-refractivity contribution in [2.24, 2.45) is 0 Å². The fraction of sp³-hybridized carbons (Fsp3) is 0.385. The molecule has 3 aliphatic rings. The van der Waals surface area contributed by atoms with Gasteiger partial charge < -0.3 is 34.7 Å². The third kappa shape index (κ3) is 4.17. The molecule has 10 heteroatoms. The molecule has 2 aromatic heterocycles. The van der Waals surface area contributed by atoms with E-state index in [1.807, 2.05) is 18.2 Å². The molecule has 0 bridgehead atoms. The van der Waals surface area contributed by atoms with Crippen molar-refractivity contribution >= 4 is 28.9 Å². The summed E-state index contributed by atoms with van der Waals surface area (Å²) in [6, 6.07) is 7.54. The number of halogens is 1. The highest BCUT2D eigenvalue weighted by Gasteiger charge is 2.48. The number of likely N-dealkylation sites (N-methyl/N-ethyl adjacent to an activating group) is 1. The molecule has 3 N–H and O–H groups in total. The van der Waals surface area contributed by atoms with Crippen LogP contribution in [0.4, 0.5) is 11.4 Å². The molecule has 1 aliphatic carbocycles. The second-order valence-electron chi connectivity index (χ2n) is 9.47. The first-order chi connectivity index (χ1) is 17.5. The number of methoxy groups -OCH3 is 1. The van der Waals surface area contributed by atoms with E-state index in [9.17, 15) is 4.79 Å². The van der Waals surface area contributed by atoms with E-state index in [1.165, 1.54) is 0 Å². The van der Waals surface area contributed by atoms with Gasteiger partial charge in [-0.1, -0.05) is 17.7 Å². The molecule has 0 unspecified atom stereocenters. The maximum absolute atomic E-state index is 13.2. The van der Waals surface area contributed by atoms with Crippen molar-refractivity contribution in [2.45, 2.75) is 24.5 Å². The average Bonchev–Trinajstić information content (AvgIpc) is 3.55. The van der Waals surface area contributed by atoms with E-state index in [-0.39, 0.29) is 24.0 Å². The Morgan fingerprint density at radius 2 is 2.22 bits per heavy atom. The predicted octanol–water partition coefficient (Wildman–Crippen LogP) is 3.79. The number of aromatic amines is 1. The van der Waals surface area contributed by atoms with Gasteiger partial charge in [0.2, 0.25) is 0 Å². The molecule has 9 nitrogen and oxygen atoms in total. The van der Waals surface area contributed by atoms with Crippen LogP contribution in [0.1, 0.15) is 28.4 Å². The van der Waals surface area contributed by atoms with Gasteiger partial charge in [-0.2, -0.15) is 0 Å². The summed E-state index contributed by atoms with van der Waals surface area (Å²) in [5, 5.41) is 7.02. The number of ether oxygens (including phenoxy) is 3. The van der Waals surface area contributed by atoms with Crippen LogP contribution in [0.3, 0.4) is 0 Å². The van der Waals surface area contributed by atoms with Crippen molar-refractivity contribution in [3.63, 3.8) is 0 Å². The highest BCUT2D eigenvalue weighted by atomic mass is 35.5. The number of aromatic nitrogens is 2. The van der Waals surface area contributed by atoms with E-state index >= 15 is 0 Å². The van der Waals surface area contributed by atoms with Crippen LogP contribution in [0.15, 0.2) is 36.7 Å². The molecule has 6 rings (SSSR count). The second kappa shape index (κ2) is 9.31. The summed E-state index contributed by atoms with van der Waals surface area (Å²) >= 11 is 6.38. The first kappa shape index (κ1) is 23.1. The van der Waals surface area contributed by atoms with Crippen molar-refractivity contribution in [1.82, 2.24) is 20.2 Å². The number of H-pyrrole nitrogens is 1. The molecule has 2 aliphatic heterocycles. The van der Waals surface area contributed by atoms with Crippen molar-refractivity contribution < 1.29 is 19.0 Å². The molecule has 1 aromatic carbocycles. The Balaban J connectivity index is 1.40. The van der Waals surface area contributed by atoms with Crippen molar-refractivity contribution in [1.29, 1.82) is 0 Å². The third-order valence-electron chi connectivity index (χ3n) is 6.99. The zero-order valence-electron chi connectivity index (χ0n) is 20.1. The van der Waals surface area contributed by atoms with Crippen LogP contribution in [0.25, 0.3) is 11.3 Å². The smallest absolute Gasteiger partial charge is 0.255 e. The van der Waals surface area contributed by atoms with Gasteiger partial charge in [0.25, 0.3) is 5.91 Å². The number of carbonyl (C=O) groups excluding carboxylic acids is 1. The van der Waals surface area contributed by atoms with E-state index in [2.05, 4.69) is 32.5 Å². The monoisotopic (exact) mass is 509 g/mol. The number of pyridine rings is 1. The number of anilines is 2. The molecule has 1 amide bonds. The summed E-state index contributed by atoms with van der Waals surface area (Å²) in [5.41, 5.74) is 4.40. The Bertz CT molecular complexity index is 1310. The predicted molar refractivity (Wildman–Crippen MR) is 137 cm³/mol. The summed E-state index contributed by atoms with van der Waals surface area (Å²) < 4.78 is 17.7. The van der Waals surface area contributed by atoms with Crippen LogP contribution in [0.2, 0.25) is 5.02 Å². The van der Waals surface area contributed by atoms with Crippen LogP contribution in [0.5, 0.6) is 11.5 Å². The lowest BCUT2D eigenvalue weighted by molar-refractivity contribution is -0.0403. The summed E-state index contributed by atoms with van der Waals surface area (Å²) in [6.07, 6.45) is 4.31. The number of nitrogens with one attached hydrogen (secondary N) is 3. The molecule has 1 saturated heterocycles. The summed E-state index contributed by atoms with van der Waals surface area (Å²) in [6.45, 7) is 2.80. The number of morpholine rings is 1. The van der Waals surface area contributed by atoms with Crippen LogP contribution in [-0.2, 0) is 4.74 Å². The van der Waals surface area contributed by atoms with Gasteiger partial charge in [0.15, 0.2) is 5.75 Å². The number of nitrogens with zero attached hydrogens (tertiary/aromatic N) is 2. The highest BCUT2D eigenvalue weighted by Crippen LogP contribution is 2.51. The lowest BCUT2D eigenvalue weighted by Crippen LogP contribution is -2.42. The number of fused-ring (bicyclic) bond motifs is 3. The third-order valence-corrected chi connectivity index (χ3v) is 7.28. The Labute approximate surface area is 214 Å². The van der Waals surface area contributed by atoms with Gasteiger partial charge in [0.1, 0.15) is 18.5 Å². The molecule has 36 heavy (non-hydrogen) atoms. The summed E-state index contributed by atoms with van der Waals surface area (Å²) in [7, 11) is 3.65. The van der Waals surface area contributed by atoms with Gasteiger partial charge in [0.05, 0.1) is 47.6 Å². The number of para-hydroxylation sites is 1. The minimum Gasteiger partial charge on any atom is -0.493 e. The lowest BCUT2D eigenvalue weighted by atomic mass is 10.0. The normalized spacial score (nSPS) is 22.9. The van der Waals surface area contributed by atoms with Gasteiger partial charge in [-0.25, -0.2) is 0 Å². The molecule has 3 atom stereocenters. The minimum absolute atomic E-state index is 0.0278. The van der Waals surface area contributed by atoms with Gasteiger partial charge in [-0.15, -0.1) is 0 Å². The van der Waals surface area contributed by atoms with Gasteiger partial charge >= 0.3 is 0 Å². The number of benzene rings is 1. The van der Waals surface area contributed by atoms with Gasteiger partial charge in [-0.05, 0) is 31.7 Å². The molecule has 3 aromatic rings. The molecular weight excluding hydrogens is 482 g/mol. The van der Waals surface area contributed by atoms with Crippen molar-refractivity contribution in [2.75, 3.05) is 45.8 Å². The van der Waals surface area contributed by atoms with Crippen LogP contribution < -0.4 is 20.1 Å². The highest BCUT2D eigenvalue weighted by molar-refractivity contribution is 6.32. The molecular formula is C26H28ClN5O4. The average molecular weight is 510 g/mol. The van der Waals surface area contributed by atoms with E-state index in [0.29, 0.717) is 46.7 Å². The van der Waals surface area contributed by atoms with Crippen LogP contribution in [0, 0.1) is 0 Å². The number of hydrogen-bond acceptors (Lipinski definition) is 7. The van der Waals surface area contributed by atoms with Crippen molar-refractivity contribution in [3.8, 4) is 22.8 Å². The van der Waals surface area contributed by atoms with Gasteiger partial charge in [0, 0.05) is 42.5 Å². The Kier molecular flexibility index (Phi) is 5.99. The van der Waals surface area contributed by atoms with Crippen molar-refractivity contribution in [3.05, 3.63) is 52.9 Å². The summed E-state index contributed by atoms with van der Waals surface area (Å²) in [5.74, 6) is 1.28. The zero-order valence-corrected chi connectivity index (χ0v) is 20.9. The van der Waals surface area contributed by atoms with Crippen LogP contribution in [-0.4, -0.2) is 73.4 Å². The Morgan fingerprint density at radius 1 is 1.33 bits per heavy atom. The zero-order chi connectivity index (χ0) is 24.8. The second-order valence-corrected chi connectivity index (χ2v) is 9.88. The molecule has 1 saturated carbocycles. The lowest BCUT2D eigenvalue weighted by Gasteiger charge is -2.30. The van der Waals surface area contributed by atoms with E-state index in [1.54, 1.807) is 25.6 Å². The fourth-order valence-electron chi connectivity index (χ4n) is 5.08. The number of carbonyl (C=O) groups is 1. The number of rotatable bonds is 7. The first-order valence-electron chi connectivity index (χ1n) is 12.1. The number of amides is 1. The fourth-order valence-corrected chi connectivity index (χ4v) is 5.33. The Hall–Kier alpha value is -3.27. The SMILES string of the molecule is COc1c(Cl)cccc1Nc1c(-c2ccncc2OC[C@H]2CN(C)CCO2)[nH]c2c1C(=O)N[C@H]1C[C@@H]21. The van der Waals surface area contributed by atoms with E-state index in [4.69, 9.17) is 25.8 Å². The first-order valence-corrected chi connectivity index (χ1v) is 12.4. The van der Waals surface area contributed by atoms with E-state index < -0.39 is 0 Å². The summed E-state index contributed by atoms with van der Waals surface area (Å²) in [4.78, 5) is 23.2. The number of hydrogen-bond donors (Lipinski definition) is 3. The maximum atomic E-state index is 13.2.